The molecule has 1 aliphatic rings. The summed E-state index contributed by atoms with van der Waals surface area (Å²) in [5.41, 5.74) is 0. The number of rotatable bonds is 8. The van der Waals surface area contributed by atoms with Crippen molar-refractivity contribution in [3.63, 3.8) is 0 Å². The van der Waals surface area contributed by atoms with Crippen LogP contribution < -0.4 is 0 Å². The zero-order chi connectivity index (χ0) is 17.1. The number of likely N-dealkylation sites (tertiary alicyclic amines) is 1. The lowest BCUT2D eigenvalue weighted by atomic mass is 9.82. The highest BCUT2D eigenvalue weighted by atomic mass is 16.4. The molecule has 1 fully saturated rings. The van der Waals surface area contributed by atoms with Gasteiger partial charge >= 0.3 is 11.9 Å². The molecule has 0 saturated carbocycles. The van der Waals surface area contributed by atoms with E-state index in [0.29, 0.717) is 18.3 Å². The fourth-order valence-electron chi connectivity index (χ4n) is 3.84. The van der Waals surface area contributed by atoms with Gasteiger partial charge in [0.15, 0.2) is 0 Å². The Kier molecular flexibility index (Phi) is 6.38. The van der Waals surface area contributed by atoms with Crippen molar-refractivity contribution in [2.45, 2.75) is 39.2 Å². The van der Waals surface area contributed by atoms with Crippen LogP contribution in [0.2, 0.25) is 0 Å². The van der Waals surface area contributed by atoms with Gasteiger partial charge in [-0.05, 0) is 26.2 Å². The average Bonchev–Trinajstić information content (AvgIpc) is 2.59. The molecule has 0 spiro atoms. The predicted octanol–water partition coefficient (Wildman–Crippen LogP) is 1.28. The maximum absolute atomic E-state index is 11.5. The summed E-state index contributed by atoms with van der Waals surface area (Å²) in [4.78, 5) is 22.8. The monoisotopic (exact) mass is 316 g/mol. The summed E-state index contributed by atoms with van der Waals surface area (Å²) in [6.45, 7) is 5.62. The van der Waals surface area contributed by atoms with Gasteiger partial charge in [-0.3, -0.25) is 9.59 Å². The minimum absolute atomic E-state index is 0.0895. The molecule has 6 nitrogen and oxygen atoms in total. The van der Waals surface area contributed by atoms with Crippen molar-refractivity contribution in [3.8, 4) is 0 Å². The zero-order valence-electron chi connectivity index (χ0n) is 14.0. The number of aliphatic carboxylic acids is 2. The molecule has 1 rings (SSSR count). The molecule has 1 aliphatic heterocycles. The molecule has 0 aromatic rings. The number of carboxylic acid groups (broad SMARTS) is 2. The van der Waals surface area contributed by atoms with E-state index in [0.717, 1.165) is 17.6 Å². The second-order valence-corrected chi connectivity index (χ2v) is 7.66. The van der Waals surface area contributed by atoms with Crippen molar-refractivity contribution < 1.29 is 29.4 Å². The number of hydrogen-bond acceptors (Lipinski definition) is 3. The Bertz CT molecular complexity index is 407. The fraction of sp³-hybridized carbons (Fsp3) is 0.875. The van der Waals surface area contributed by atoms with Gasteiger partial charge < -0.3 is 19.8 Å². The third-order valence-electron chi connectivity index (χ3n) is 4.80. The largest absolute Gasteiger partial charge is 0.481 e. The first-order valence-corrected chi connectivity index (χ1v) is 7.97. The highest BCUT2D eigenvalue weighted by molar-refractivity contribution is 5.73. The number of carbonyl (C=O) groups is 2. The lowest BCUT2D eigenvalue weighted by Crippen LogP contribution is -2.37. The van der Waals surface area contributed by atoms with Crippen molar-refractivity contribution in [3.05, 3.63) is 0 Å². The quantitative estimate of drug-likeness (QED) is 0.586. The Morgan fingerprint density at radius 1 is 1.09 bits per heavy atom. The molecule has 0 amide bonds. The van der Waals surface area contributed by atoms with Crippen LogP contribution in [0.15, 0.2) is 0 Å². The van der Waals surface area contributed by atoms with E-state index in [1.807, 2.05) is 0 Å². The standard InChI is InChI=1S/C16H29NO5/c1-10-8-17(3,4)9-14(10)7-13(16(21)22)6-12(15(19)20)5-11(2)18/h10-14,18H,5-9H2,1-4H3,(H-,19,20,21,22)/p+1. The molecule has 128 valence electrons. The number of hydrogen-bond donors (Lipinski definition) is 3. The number of nitrogens with zero attached hydrogens (tertiary/aromatic N) is 1. The Labute approximate surface area is 132 Å². The van der Waals surface area contributed by atoms with E-state index in [2.05, 4.69) is 21.0 Å². The summed E-state index contributed by atoms with van der Waals surface area (Å²) in [6, 6.07) is 0. The molecule has 22 heavy (non-hydrogen) atoms. The molecule has 5 atom stereocenters. The van der Waals surface area contributed by atoms with Crippen LogP contribution in [-0.4, -0.2) is 65.0 Å². The first kappa shape index (κ1) is 18.9. The molecule has 0 aromatic heterocycles. The lowest BCUT2D eigenvalue weighted by Gasteiger charge is -2.24. The van der Waals surface area contributed by atoms with Gasteiger partial charge in [0.25, 0.3) is 0 Å². The van der Waals surface area contributed by atoms with Crippen molar-refractivity contribution >= 4 is 11.9 Å². The van der Waals surface area contributed by atoms with Crippen LogP contribution >= 0.6 is 0 Å². The summed E-state index contributed by atoms with van der Waals surface area (Å²) < 4.78 is 0.883. The fourth-order valence-corrected chi connectivity index (χ4v) is 3.84. The van der Waals surface area contributed by atoms with Crippen molar-refractivity contribution in [1.82, 2.24) is 0 Å². The third-order valence-corrected chi connectivity index (χ3v) is 4.80. The van der Waals surface area contributed by atoms with Gasteiger partial charge in [0.2, 0.25) is 0 Å². The van der Waals surface area contributed by atoms with Gasteiger partial charge in [-0.15, -0.1) is 0 Å². The van der Waals surface area contributed by atoms with E-state index in [-0.39, 0.29) is 12.8 Å². The molecule has 0 radical (unpaired) electrons. The van der Waals surface area contributed by atoms with Crippen LogP contribution in [0.5, 0.6) is 0 Å². The summed E-state index contributed by atoms with van der Waals surface area (Å²) in [5, 5.41) is 28.1. The maximum atomic E-state index is 11.5. The van der Waals surface area contributed by atoms with Gasteiger partial charge in [0.1, 0.15) is 0 Å². The van der Waals surface area contributed by atoms with Gasteiger partial charge in [-0.25, -0.2) is 0 Å². The van der Waals surface area contributed by atoms with E-state index < -0.39 is 29.9 Å². The number of carboxylic acids is 2. The van der Waals surface area contributed by atoms with Crippen LogP contribution in [0.4, 0.5) is 0 Å². The molecule has 5 unspecified atom stereocenters. The summed E-state index contributed by atoms with van der Waals surface area (Å²) in [6.07, 6.45) is -0.0361. The Morgan fingerprint density at radius 3 is 2.00 bits per heavy atom. The summed E-state index contributed by atoms with van der Waals surface area (Å²) in [7, 11) is 4.28. The highest BCUT2D eigenvalue weighted by Crippen LogP contribution is 2.34. The third kappa shape index (κ3) is 5.57. The molecule has 6 heteroatoms. The van der Waals surface area contributed by atoms with Crippen LogP contribution in [0, 0.1) is 23.7 Å². The van der Waals surface area contributed by atoms with E-state index in [1.54, 1.807) is 0 Å². The second-order valence-electron chi connectivity index (χ2n) is 7.66. The van der Waals surface area contributed by atoms with Crippen molar-refractivity contribution in [2.24, 2.45) is 23.7 Å². The van der Waals surface area contributed by atoms with Gasteiger partial charge in [-0.1, -0.05) is 6.92 Å². The first-order chi connectivity index (χ1) is 10.0. The van der Waals surface area contributed by atoms with Crippen molar-refractivity contribution in [1.29, 1.82) is 0 Å². The second kappa shape index (κ2) is 7.42. The van der Waals surface area contributed by atoms with Gasteiger partial charge in [-0.2, -0.15) is 0 Å². The molecule has 0 aromatic carbocycles. The zero-order valence-corrected chi connectivity index (χ0v) is 14.0. The van der Waals surface area contributed by atoms with Crippen LogP contribution in [-0.2, 0) is 9.59 Å². The van der Waals surface area contributed by atoms with Crippen LogP contribution in [0.25, 0.3) is 0 Å². The van der Waals surface area contributed by atoms with Gasteiger partial charge in [0, 0.05) is 11.8 Å². The topological polar surface area (TPSA) is 94.8 Å². The summed E-state index contributed by atoms with van der Waals surface area (Å²) >= 11 is 0. The minimum Gasteiger partial charge on any atom is -0.481 e. The molecule has 1 saturated heterocycles. The molecule has 0 aliphatic carbocycles. The molecule has 0 bridgehead atoms. The van der Waals surface area contributed by atoms with Crippen molar-refractivity contribution in [2.75, 3.05) is 27.2 Å². The minimum atomic E-state index is -1.03. The molecular formula is C16H30NO5+. The van der Waals surface area contributed by atoms with E-state index in [9.17, 15) is 24.9 Å². The molecule has 3 N–H and O–H groups in total. The Hall–Kier alpha value is -1.14. The van der Waals surface area contributed by atoms with Crippen LogP contribution in [0.1, 0.15) is 33.1 Å². The smallest absolute Gasteiger partial charge is 0.306 e. The average molecular weight is 316 g/mol. The number of quaternary nitrogens is 1. The first-order valence-electron chi connectivity index (χ1n) is 7.97. The maximum Gasteiger partial charge on any atom is 0.306 e. The molecule has 1 heterocycles. The summed E-state index contributed by atoms with van der Waals surface area (Å²) in [5.74, 6) is -2.68. The normalized spacial score (nSPS) is 28.0. The van der Waals surface area contributed by atoms with E-state index in [1.165, 1.54) is 6.92 Å². The van der Waals surface area contributed by atoms with Crippen LogP contribution in [0.3, 0.4) is 0 Å². The van der Waals surface area contributed by atoms with E-state index >= 15 is 0 Å². The van der Waals surface area contributed by atoms with E-state index in [4.69, 9.17) is 0 Å². The van der Waals surface area contributed by atoms with Gasteiger partial charge in [0.05, 0.1) is 45.1 Å². The lowest BCUT2D eigenvalue weighted by molar-refractivity contribution is -0.880. The Morgan fingerprint density at radius 2 is 1.64 bits per heavy atom. The highest BCUT2D eigenvalue weighted by Gasteiger charge is 2.40. The number of aliphatic hydroxyl groups is 1. The predicted molar refractivity (Wildman–Crippen MR) is 82.3 cm³/mol. The number of aliphatic hydroxyl groups excluding tert-OH is 1. The Balaban J connectivity index is 2.73. The SMILES string of the molecule is CC(O)CC(CC(CC1C[N+](C)(C)CC1C)C(=O)O)C(=O)O. The molecular weight excluding hydrogens is 286 g/mol.